The second-order valence-corrected chi connectivity index (χ2v) is 12.4. The maximum Gasteiger partial charge on any atom is 0.153 e. The van der Waals surface area contributed by atoms with E-state index in [1.54, 1.807) is 17.5 Å². The van der Waals surface area contributed by atoms with E-state index in [-0.39, 0.29) is 0 Å². The van der Waals surface area contributed by atoms with Crippen LogP contribution in [0.25, 0.3) is 54.4 Å². The Labute approximate surface area is 225 Å². The summed E-state index contributed by atoms with van der Waals surface area (Å²) in [6.45, 7) is 14.4. The number of nitrogens with zero attached hydrogens (tertiary/aromatic N) is 1. The fourth-order valence-corrected chi connectivity index (χ4v) is 6.55. The molecule has 186 valence electrons. The number of aryl methyl sites for hydroxylation is 4. The summed E-state index contributed by atoms with van der Waals surface area (Å²) in [7, 11) is 0. The van der Waals surface area contributed by atoms with E-state index in [1.807, 2.05) is 20.8 Å². The summed E-state index contributed by atoms with van der Waals surface area (Å²) in [5.74, 6) is 0. The van der Waals surface area contributed by atoms with Gasteiger partial charge in [-0.25, -0.2) is 0 Å². The van der Waals surface area contributed by atoms with Crippen molar-refractivity contribution < 1.29 is 7.16 Å². The molecule has 3 heterocycles. The molecule has 0 aliphatic heterocycles. The lowest BCUT2D eigenvalue weighted by Gasteiger charge is -2.22. The third-order valence-corrected chi connectivity index (χ3v) is 8.47. The van der Waals surface area contributed by atoms with E-state index in [4.69, 9.17) is 12.1 Å². The van der Waals surface area contributed by atoms with Crippen molar-refractivity contribution in [2.75, 3.05) is 0 Å². The molecule has 0 saturated carbocycles. The number of rotatable bonds is 3. The van der Waals surface area contributed by atoms with Gasteiger partial charge in [-0.05, 0) is 96.4 Å². The second-order valence-electron chi connectivity index (χ2n) is 11.1. The highest BCUT2D eigenvalue weighted by Gasteiger charge is 2.21. The van der Waals surface area contributed by atoms with Gasteiger partial charge in [-0.15, -0.1) is 11.3 Å². The molecule has 0 saturated heterocycles. The number of para-hydroxylation sites is 1. The van der Waals surface area contributed by atoms with Crippen molar-refractivity contribution in [1.29, 1.82) is 0 Å². The van der Waals surface area contributed by atoms with Crippen LogP contribution < -0.4 is 0 Å². The van der Waals surface area contributed by atoms with Gasteiger partial charge < -0.3 is 4.42 Å². The van der Waals surface area contributed by atoms with Gasteiger partial charge in [-0.3, -0.25) is 4.98 Å². The van der Waals surface area contributed by atoms with E-state index in [0.717, 1.165) is 55.4 Å². The fraction of sp³-hybridized carbons (Fsp3) is 0.265. The predicted molar refractivity (Wildman–Crippen MR) is 160 cm³/mol. The minimum atomic E-state index is -1.59. The van der Waals surface area contributed by atoms with E-state index in [1.165, 1.54) is 20.5 Å². The number of thiophene rings is 1. The van der Waals surface area contributed by atoms with Crippen molar-refractivity contribution in [3.63, 3.8) is 0 Å². The summed E-state index contributed by atoms with van der Waals surface area (Å²) in [6, 6.07) is 18.9. The van der Waals surface area contributed by atoms with Crippen molar-refractivity contribution in [2.24, 2.45) is 5.41 Å². The molecule has 0 N–H and O–H groups in total. The minimum absolute atomic E-state index is 0.609. The molecule has 0 aliphatic rings. The Morgan fingerprint density at radius 2 is 1.51 bits per heavy atom. The lowest BCUT2D eigenvalue weighted by Crippen LogP contribution is -2.11. The van der Waals surface area contributed by atoms with Gasteiger partial charge in [0.05, 0.1) is 10.4 Å². The first-order valence-corrected chi connectivity index (χ1v) is 13.6. The maximum atomic E-state index is 9.13. The first-order valence-electron chi connectivity index (χ1n) is 13.8. The third kappa shape index (κ3) is 3.97. The van der Waals surface area contributed by atoms with Crippen molar-refractivity contribution >= 4 is 43.4 Å². The summed E-state index contributed by atoms with van der Waals surface area (Å²) in [4.78, 5) is 6.18. The number of hydrogen-bond acceptors (Lipinski definition) is 3. The Kier molecular flexibility index (Phi) is 5.01. The van der Waals surface area contributed by atoms with Gasteiger partial charge in [0.1, 0.15) is 5.58 Å². The molecule has 2 nitrogen and oxygen atoms in total. The van der Waals surface area contributed by atoms with Crippen LogP contribution in [0.4, 0.5) is 0 Å². The van der Waals surface area contributed by atoms with E-state index in [9.17, 15) is 0 Å². The molecular weight excluding hydrogens is 470 g/mol. The van der Waals surface area contributed by atoms with Crippen molar-refractivity contribution in [2.45, 2.75) is 54.8 Å². The topological polar surface area (TPSA) is 26.0 Å². The Morgan fingerprint density at radius 3 is 2.24 bits per heavy atom. The van der Waals surface area contributed by atoms with Crippen molar-refractivity contribution in [3.8, 4) is 22.4 Å². The lowest BCUT2D eigenvalue weighted by molar-refractivity contribution is 0.411. The Bertz CT molecular complexity index is 1900. The van der Waals surface area contributed by atoms with Crippen LogP contribution in [-0.2, 0) is 6.37 Å². The zero-order valence-corrected chi connectivity index (χ0v) is 23.4. The lowest BCUT2D eigenvalue weighted by atomic mass is 9.83. The normalized spacial score (nSPS) is 13.5. The summed E-state index contributed by atoms with van der Waals surface area (Å²) in [5.41, 5.74) is 8.92. The largest absolute Gasteiger partial charge is 0.454 e. The molecule has 0 amide bonds. The highest BCUT2D eigenvalue weighted by molar-refractivity contribution is 7.20. The van der Waals surface area contributed by atoms with Crippen molar-refractivity contribution in [3.05, 3.63) is 87.9 Å². The van der Waals surface area contributed by atoms with Crippen LogP contribution in [0, 0.1) is 33.1 Å². The molecule has 3 heteroatoms. The van der Waals surface area contributed by atoms with Gasteiger partial charge in [0.25, 0.3) is 0 Å². The van der Waals surface area contributed by atoms with Crippen LogP contribution in [0.15, 0.2) is 65.2 Å². The van der Waals surface area contributed by atoms with Gasteiger partial charge in [0.2, 0.25) is 0 Å². The zero-order chi connectivity index (χ0) is 27.9. The Morgan fingerprint density at radius 1 is 0.838 bits per heavy atom. The summed E-state index contributed by atoms with van der Waals surface area (Å²) < 4.78 is 26.1. The molecule has 3 aromatic heterocycles. The molecule has 6 rings (SSSR count). The first-order chi connectivity index (χ1) is 18.4. The molecular formula is C34H33NOS. The SMILES string of the molecule is [2H]C([2H])(c1cnc(-c2cccc3c2oc2c3ccc3c(C)c(C)sc32)cc1-c1c(C)cccc1C)C(C)(C)C. The average Bonchev–Trinajstić information content (AvgIpc) is 3.40. The number of benzene rings is 3. The van der Waals surface area contributed by atoms with Gasteiger partial charge in [0.15, 0.2) is 5.58 Å². The number of furan rings is 1. The summed E-state index contributed by atoms with van der Waals surface area (Å²) in [5, 5.41) is 3.42. The monoisotopic (exact) mass is 505 g/mol. The summed E-state index contributed by atoms with van der Waals surface area (Å²) in [6.07, 6.45) is 0.155. The smallest absolute Gasteiger partial charge is 0.153 e. The molecule has 0 atom stereocenters. The minimum Gasteiger partial charge on any atom is -0.454 e. The Balaban J connectivity index is 1.65. The average molecular weight is 506 g/mol. The first kappa shape index (κ1) is 21.6. The zero-order valence-electron chi connectivity index (χ0n) is 24.5. The predicted octanol–water partition coefficient (Wildman–Crippen LogP) is 10.4. The van der Waals surface area contributed by atoms with Gasteiger partial charge in [-0.2, -0.15) is 0 Å². The number of hydrogen-bond donors (Lipinski definition) is 0. The molecule has 0 fully saturated rings. The van der Waals surface area contributed by atoms with Crippen LogP contribution in [0.3, 0.4) is 0 Å². The molecule has 0 unspecified atom stereocenters. The number of fused-ring (bicyclic) bond motifs is 5. The highest BCUT2D eigenvalue weighted by Crippen LogP contribution is 2.43. The van der Waals surface area contributed by atoms with Crippen LogP contribution in [0.1, 0.15) is 50.6 Å². The van der Waals surface area contributed by atoms with Crippen LogP contribution in [-0.4, -0.2) is 4.98 Å². The number of aromatic nitrogens is 1. The van der Waals surface area contributed by atoms with E-state index >= 15 is 0 Å². The standard InChI is InChI=1S/C34H33NOS/c1-19-10-8-11-20(2)30(19)28-16-29(35-18-23(28)17-34(5,6)7)27-13-9-12-25-26-15-14-24-21(3)22(4)37-33(24)32(26)36-31(25)27/h8-16,18H,17H2,1-7H3/i17D2. The highest BCUT2D eigenvalue weighted by atomic mass is 32.1. The molecule has 0 spiro atoms. The fourth-order valence-electron chi connectivity index (χ4n) is 5.41. The molecule has 6 aromatic rings. The van der Waals surface area contributed by atoms with Gasteiger partial charge >= 0.3 is 0 Å². The van der Waals surface area contributed by atoms with E-state index < -0.39 is 11.8 Å². The van der Waals surface area contributed by atoms with Gasteiger partial charge in [-0.1, -0.05) is 57.2 Å². The maximum absolute atomic E-state index is 9.13. The van der Waals surface area contributed by atoms with Crippen molar-refractivity contribution in [1.82, 2.24) is 4.98 Å². The van der Waals surface area contributed by atoms with Crippen LogP contribution in [0.2, 0.25) is 0 Å². The molecule has 0 aliphatic carbocycles. The number of pyridine rings is 1. The molecule has 37 heavy (non-hydrogen) atoms. The molecule has 0 bridgehead atoms. The Hall–Kier alpha value is -3.43. The quantitative estimate of drug-likeness (QED) is 0.239. The second kappa shape index (κ2) is 8.56. The van der Waals surface area contributed by atoms with E-state index in [0.29, 0.717) is 5.56 Å². The van der Waals surface area contributed by atoms with Gasteiger partial charge in [0, 0.05) is 30.2 Å². The van der Waals surface area contributed by atoms with Crippen LogP contribution >= 0.6 is 11.3 Å². The summed E-state index contributed by atoms with van der Waals surface area (Å²) >= 11 is 1.78. The van der Waals surface area contributed by atoms with E-state index in [2.05, 4.69) is 82.3 Å². The van der Waals surface area contributed by atoms with Crippen LogP contribution in [0.5, 0.6) is 0 Å². The molecule has 3 aromatic carbocycles. The third-order valence-electron chi connectivity index (χ3n) is 7.25. The molecule has 0 radical (unpaired) electrons.